The molecule has 3 rings (SSSR count). The quantitative estimate of drug-likeness (QED) is 0.372. The Hall–Kier alpha value is -3.13. The van der Waals surface area contributed by atoms with Crippen molar-refractivity contribution in [2.75, 3.05) is 45.4 Å². The molecular weight excluding hydrogens is 424 g/mol. The Morgan fingerprint density at radius 3 is 2.67 bits per heavy atom. The molecule has 0 saturated carbocycles. The van der Waals surface area contributed by atoms with Gasteiger partial charge in [0.2, 0.25) is 5.88 Å². The van der Waals surface area contributed by atoms with Crippen LogP contribution >= 0.6 is 0 Å². The molecule has 1 atom stereocenters. The normalized spacial score (nSPS) is 15.1. The lowest BCUT2D eigenvalue weighted by atomic mass is 9.96. The standard InChI is InChI=1S/C25H32N2O6/c1-4-32-25(29)15-23(31-3)19-7-10-26-24(13-19)33-17-18-8-11-27(12-9-18)22-14-21(30-2)6-5-20(22)16-28/h5-7,10,13-14,16,18,23H,4,8-9,11-12,15,17H2,1-3H3. The lowest BCUT2D eigenvalue weighted by molar-refractivity contribution is -0.146. The van der Waals surface area contributed by atoms with Gasteiger partial charge in [0.25, 0.3) is 0 Å². The zero-order valence-electron chi connectivity index (χ0n) is 19.5. The third-order valence-electron chi connectivity index (χ3n) is 5.86. The van der Waals surface area contributed by atoms with Crippen molar-refractivity contribution in [3.05, 3.63) is 47.7 Å². The van der Waals surface area contributed by atoms with Gasteiger partial charge in [-0.05, 0) is 49.4 Å². The summed E-state index contributed by atoms with van der Waals surface area (Å²) >= 11 is 0. The molecule has 0 N–H and O–H groups in total. The number of methoxy groups -OCH3 is 2. The first-order chi connectivity index (χ1) is 16.1. The molecule has 178 valence electrons. The van der Waals surface area contributed by atoms with Gasteiger partial charge in [0, 0.05) is 44.1 Å². The van der Waals surface area contributed by atoms with E-state index in [1.165, 1.54) is 0 Å². The number of piperidine rings is 1. The number of esters is 1. The predicted octanol–water partition coefficient (Wildman–Crippen LogP) is 3.84. The Morgan fingerprint density at radius 1 is 1.21 bits per heavy atom. The van der Waals surface area contributed by atoms with E-state index in [9.17, 15) is 9.59 Å². The van der Waals surface area contributed by atoms with Gasteiger partial charge in [-0.1, -0.05) is 0 Å². The van der Waals surface area contributed by atoms with Gasteiger partial charge in [-0.25, -0.2) is 4.98 Å². The van der Waals surface area contributed by atoms with Gasteiger partial charge in [0.05, 0.1) is 38.5 Å². The average Bonchev–Trinajstić information content (AvgIpc) is 2.86. The molecule has 2 aromatic rings. The minimum Gasteiger partial charge on any atom is -0.497 e. The summed E-state index contributed by atoms with van der Waals surface area (Å²) in [6.07, 6.45) is 4.16. The largest absolute Gasteiger partial charge is 0.497 e. The van der Waals surface area contributed by atoms with E-state index in [-0.39, 0.29) is 12.4 Å². The van der Waals surface area contributed by atoms with Crippen LogP contribution in [0, 0.1) is 5.92 Å². The number of carbonyl (C=O) groups is 2. The molecule has 1 unspecified atom stereocenters. The van der Waals surface area contributed by atoms with E-state index in [1.54, 1.807) is 39.5 Å². The molecule has 1 aliphatic heterocycles. The number of aromatic nitrogens is 1. The highest BCUT2D eigenvalue weighted by molar-refractivity contribution is 5.85. The van der Waals surface area contributed by atoms with Crippen molar-refractivity contribution in [2.45, 2.75) is 32.3 Å². The van der Waals surface area contributed by atoms with Crippen molar-refractivity contribution < 1.29 is 28.5 Å². The van der Waals surface area contributed by atoms with E-state index in [0.29, 0.717) is 30.6 Å². The molecule has 1 aromatic heterocycles. The van der Waals surface area contributed by atoms with Crippen molar-refractivity contribution in [3.63, 3.8) is 0 Å². The molecule has 8 nitrogen and oxygen atoms in total. The van der Waals surface area contributed by atoms with Crippen LogP contribution in [0.15, 0.2) is 36.5 Å². The van der Waals surface area contributed by atoms with Crippen LogP contribution in [0.2, 0.25) is 0 Å². The lowest BCUT2D eigenvalue weighted by Crippen LogP contribution is -2.36. The monoisotopic (exact) mass is 456 g/mol. The summed E-state index contributed by atoms with van der Waals surface area (Å²) in [6.45, 7) is 4.34. The van der Waals surface area contributed by atoms with Crippen molar-refractivity contribution >= 4 is 17.9 Å². The minimum absolute atomic E-state index is 0.138. The molecule has 1 saturated heterocycles. The molecule has 1 aromatic carbocycles. The van der Waals surface area contributed by atoms with Crippen LogP contribution in [0.1, 0.15) is 48.2 Å². The maximum Gasteiger partial charge on any atom is 0.308 e. The first-order valence-electron chi connectivity index (χ1n) is 11.2. The Morgan fingerprint density at radius 2 is 2.00 bits per heavy atom. The molecule has 1 aliphatic rings. The van der Waals surface area contributed by atoms with Gasteiger partial charge in [0.15, 0.2) is 6.29 Å². The summed E-state index contributed by atoms with van der Waals surface area (Å²) in [5.74, 6) is 1.33. The average molecular weight is 457 g/mol. The third-order valence-corrected chi connectivity index (χ3v) is 5.86. The van der Waals surface area contributed by atoms with Gasteiger partial charge >= 0.3 is 5.97 Å². The number of ether oxygens (including phenoxy) is 4. The molecule has 0 radical (unpaired) electrons. The Kier molecular flexibility index (Phi) is 9.06. The van der Waals surface area contributed by atoms with Crippen LogP contribution < -0.4 is 14.4 Å². The molecule has 33 heavy (non-hydrogen) atoms. The van der Waals surface area contributed by atoms with Crippen LogP contribution in [-0.2, 0) is 14.3 Å². The molecule has 2 heterocycles. The van der Waals surface area contributed by atoms with E-state index >= 15 is 0 Å². The van der Waals surface area contributed by atoms with Gasteiger partial charge in [-0.2, -0.15) is 0 Å². The van der Waals surface area contributed by atoms with E-state index < -0.39 is 6.10 Å². The highest BCUT2D eigenvalue weighted by Crippen LogP contribution is 2.30. The molecule has 0 amide bonds. The molecule has 0 aliphatic carbocycles. The summed E-state index contributed by atoms with van der Waals surface area (Å²) in [5.41, 5.74) is 2.40. The molecule has 1 fully saturated rings. The number of nitrogens with zero attached hydrogens (tertiary/aromatic N) is 2. The highest BCUT2D eigenvalue weighted by Gasteiger charge is 2.23. The van der Waals surface area contributed by atoms with Crippen LogP contribution in [0.5, 0.6) is 11.6 Å². The second-order valence-electron chi connectivity index (χ2n) is 7.94. The Bertz CT molecular complexity index is 927. The van der Waals surface area contributed by atoms with Gasteiger partial charge < -0.3 is 23.8 Å². The number of hydrogen-bond donors (Lipinski definition) is 0. The van der Waals surface area contributed by atoms with Crippen molar-refractivity contribution in [1.82, 2.24) is 4.98 Å². The summed E-state index contributed by atoms with van der Waals surface area (Å²) in [7, 11) is 3.19. The van der Waals surface area contributed by atoms with E-state index in [0.717, 1.165) is 49.2 Å². The van der Waals surface area contributed by atoms with Crippen molar-refractivity contribution in [3.8, 4) is 11.6 Å². The maximum atomic E-state index is 11.8. The summed E-state index contributed by atoms with van der Waals surface area (Å²) in [4.78, 5) is 29.8. The SMILES string of the molecule is CCOC(=O)CC(OC)c1ccnc(OCC2CCN(c3cc(OC)ccc3C=O)CC2)c1. The Balaban J connectivity index is 1.55. The fraction of sp³-hybridized carbons (Fsp3) is 0.480. The van der Waals surface area contributed by atoms with Gasteiger partial charge in [0.1, 0.15) is 5.75 Å². The van der Waals surface area contributed by atoms with E-state index in [1.807, 2.05) is 18.2 Å². The number of benzene rings is 1. The molecule has 8 heteroatoms. The van der Waals surface area contributed by atoms with Gasteiger partial charge in [-0.15, -0.1) is 0 Å². The number of aldehydes is 1. The van der Waals surface area contributed by atoms with Gasteiger partial charge in [-0.3, -0.25) is 9.59 Å². The number of anilines is 1. The van der Waals surface area contributed by atoms with Crippen molar-refractivity contribution in [1.29, 1.82) is 0 Å². The van der Waals surface area contributed by atoms with Crippen molar-refractivity contribution in [2.24, 2.45) is 5.92 Å². The summed E-state index contributed by atoms with van der Waals surface area (Å²) in [6, 6.07) is 9.14. The number of hydrogen-bond acceptors (Lipinski definition) is 8. The molecule has 0 spiro atoms. The number of rotatable bonds is 11. The zero-order valence-corrected chi connectivity index (χ0v) is 19.5. The second-order valence-corrected chi connectivity index (χ2v) is 7.94. The summed E-state index contributed by atoms with van der Waals surface area (Å²) < 4.78 is 21.8. The lowest BCUT2D eigenvalue weighted by Gasteiger charge is -2.34. The fourth-order valence-corrected chi connectivity index (χ4v) is 3.98. The second kappa shape index (κ2) is 12.2. The smallest absolute Gasteiger partial charge is 0.308 e. The summed E-state index contributed by atoms with van der Waals surface area (Å²) in [5, 5.41) is 0. The predicted molar refractivity (Wildman–Crippen MR) is 124 cm³/mol. The van der Waals surface area contributed by atoms with Crippen LogP contribution in [-0.4, -0.2) is 57.8 Å². The first-order valence-corrected chi connectivity index (χ1v) is 11.2. The maximum absolute atomic E-state index is 11.8. The topological polar surface area (TPSA) is 87.2 Å². The Labute approximate surface area is 194 Å². The van der Waals surface area contributed by atoms with E-state index in [2.05, 4.69) is 9.88 Å². The zero-order chi connectivity index (χ0) is 23.6. The minimum atomic E-state index is -0.410. The highest BCUT2D eigenvalue weighted by atomic mass is 16.5. The number of carbonyl (C=O) groups excluding carboxylic acids is 2. The number of pyridine rings is 1. The molecule has 0 bridgehead atoms. The van der Waals surface area contributed by atoms with Crippen LogP contribution in [0.4, 0.5) is 5.69 Å². The van der Waals surface area contributed by atoms with Crippen LogP contribution in [0.3, 0.4) is 0 Å². The molecular formula is C25H32N2O6. The fourth-order valence-electron chi connectivity index (χ4n) is 3.98. The first kappa shape index (κ1) is 24.5. The van der Waals surface area contributed by atoms with Crippen LogP contribution in [0.25, 0.3) is 0 Å². The van der Waals surface area contributed by atoms with E-state index in [4.69, 9.17) is 18.9 Å². The third kappa shape index (κ3) is 6.68.